The monoisotopic (exact) mass is 239 g/mol. The minimum absolute atomic E-state index is 0.622. The summed E-state index contributed by atoms with van der Waals surface area (Å²) < 4.78 is 30.4. The topological polar surface area (TPSA) is 58.6 Å². The average molecular weight is 239 g/mol. The highest BCUT2D eigenvalue weighted by Crippen LogP contribution is 2.19. The second-order valence-corrected chi connectivity index (χ2v) is 4.77. The summed E-state index contributed by atoms with van der Waals surface area (Å²) >= 11 is 0. The van der Waals surface area contributed by atoms with Crippen LogP contribution in [0.15, 0.2) is 0 Å². The Morgan fingerprint density at radius 2 is 1.94 bits per heavy atom. The molecule has 0 heterocycles. The van der Waals surface area contributed by atoms with Crippen LogP contribution in [0.3, 0.4) is 0 Å². The van der Waals surface area contributed by atoms with E-state index in [0.29, 0.717) is 0 Å². The quantitative estimate of drug-likeness (QED) is 0.788. The van der Waals surface area contributed by atoms with Gasteiger partial charge in [-0.1, -0.05) is 0 Å². The number of aliphatic hydroxyl groups excluding tert-OH is 1. The van der Waals surface area contributed by atoms with E-state index in [-0.39, 0.29) is 0 Å². The van der Waals surface area contributed by atoms with Crippen LogP contribution in [0.4, 0.5) is 13.6 Å². The van der Waals surface area contributed by atoms with Gasteiger partial charge in [0.1, 0.15) is 12.2 Å². The molecule has 4 nitrogen and oxygen atoms in total. The predicted molar refractivity (Wildman–Crippen MR) is 55.5 cm³/mol. The fraction of sp³-hybridized carbons (Fsp3) is 0.900. The van der Waals surface area contributed by atoms with Gasteiger partial charge in [0.2, 0.25) is 0 Å². The van der Waals surface area contributed by atoms with E-state index in [4.69, 9.17) is 9.84 Å². The number of hydrogen-bond donors (Lipinski definition) is 2. The van der Waals surface area contributed by atoms with Gasteiger partial charge in [-0.3, -0.25) is 0 Å². The van der Waals surface area contributed by atoms with Crippen LogP contribution in [0, 0.1) is 0 Å². The molecule has 6 heteroatoms. The second-order valence-electron chi connectivity index (χ2n) is 4.77. The van der Waals surface area contributed by atoms with Crippen LogP contribution in [-0.4, -0.2) is 35.4 Å². The van der Waals surface area contributed by atoms with Crippen LogP contribution in [-0.2, 0) is 4.74 Å². The molecule has 0 radical (unpaired) electrons. The normalized spacial score (nSPS) is 14.4. The first kappa shape index (κ1) is 15.1. The molecule has 0 aromatic rings. The Labute approximate surface area is 94.0 Å². The fourth-order valence-corrected chi connectivity index (χ4v) is 1.07. The predicted octanol–water partition coefficient (Wildman–Crippen LogP) is 1.92. The molecule has 16 heavy (non-hydrogen) atoms. The molecule has 1 atom stereocenters. The highest BCUT2D eigenvalue weighted by atomic mass is 19.3. The molecule has 0 saturated heterocycles. The highest BCUT2D eigenvalue weighted by Gasteiger charge is 2.31. The Kier molecular flexibility index (Phi) is 5.12. The largest absolute Gasteiger partial charge is 0.444 e. The molecule has 0 aromatic carbocycles. The van der Waals surface area contributed by atoms with Crippen molar-refractivity contribution in [1.82, 2.24) is 5.32 Å². The molecule has 2 N–H and O–H groups in total. The molecule has 0 unspecified atom stereocenters. The molecule has 0 aliphatic carbocycles. The molecule has 0 fully saturated rings. The second kappa shape index (κ2) is 5.43. The van der Waals surface area contributed by atoms with Crippen molar-refractivity contribution < 1.29 is 23.4 Å². The lowest BCUT2D eigenvalue weighted by atomic mass is 10.1. The van der Waals surface area contributed by atoms with Crippen molar-refractivity contribution in [2.45, 2.75) is 51.7 Å². The third-order valence-corrected chi connectivity index (χ3v) is 1.60. The van der Waals surface area contributed by atoms with E-state index in [0.717, 1.165) is 0 Å². The van der Waals surface area contributed by atoms with Gasteiger partial charge in [-0.15, -0.1) is 0 Å². The lowest BCUT2D eigenvalue weighted by Crippen LogP contribution is -2.41. The summed E-state index contributed by atoms with van der Waals surface area (Å²) in [5.41, 5.74) is -0.663. The first-order valence-electron chi connectivity index (χ1n) is 5.04. The van der Waals surface area contributed by atoms with Gasteiger partial charge < -0.3 is 15.2 Å². The van der Waals surface area contributed by atoms with Crippen molar-refractivity contribution in [1.29, 1.82) is 0 Å². The number of aliphatic hydroxyl groups is 1. The summed E-state index contributed by atoms with van der Waals surface area (Å²) in [6, 6.07) is -0.767. The number of hydrogen-bond acceptors (Lipinski definition) is 3. The molecule has 0 saturated carbocycles. The number of alkyl carbamates (subject to hydrolysis) is 1. The molecule has 0 spiro atoms. The Bertz CT molecular complexity index is 239. The van der Waals surface area contributed by atoms with Crippen LogP contribution in [0.1, 0.15) is 34.1 Å². The van der Waals surface area contributed by atoms with Crippen molar-refractivity contribution in [2.24, 2.45) is 0 Å². The van der Waals surface area contributed by atoms with Gasteiger partial charge in [-0.05, 0) is 27.7 Å². The van der Waals surface area contributed by atoms with Crippen LogP contribution >= 0.6 is 0 Å². The van der Waals surface area contributed by atoms with Crippen molar-refractivity contribution in [2.75, 3.05) is 6.61 Å². The minimum Gasteiger partial charge on any atom is -0.444 e. The number of rotatable bonds is 4. The Balaban J connectivity index is 4.06. The van der Waals surface area contributed by atoms with Crippen LogP contribution in [0.2, 0.25) is 0 Å². The zero-order valence-electron chi connectivity index (χ0n) is 10.0. The van der Waals surface area contributed by atoms with Crippen molar-refractivity contribution >= 4 is 6.09 Å². The van der Waals surface area contributed by atoms with Gasteiger partial charge in [0, 0.05) is 12.5 Å². The van der Waals surface area contributed by atoms with E-state index in [1.165, 1.54) is 6.92 Å². The number of ether oxygens (including phenoxy) is 1. The molecule has 96 valence electrons. The highest BCUT2D eigenvalue weighted by molar-refractivity contribution is 5.68. The standard InChI is InChI=1S/C10H19F2NO3/c1-7(5-10(11,12)6-14)13-8(15)16-9(2,3)4/h7,14H,5-6H2,1-4H3,(H,13,15)/t7-/m0/s1. The van der Waals surface area contributed by atoms with Crippen molar-refractivity contribution in [3.05, 3.63) is 0 Å². The van der Waals surface area contributed by atoms with E-state index >= 15 is 0 Å². The van der Waals surface area contributed by atoms with E-state index in [9.17, 15) is 13.6 Å². The van der Waals surface area contributed by atoms with E-state index in [1.54, 1.807) is 20.8 Å². The lowest BCUT2D eigenvalue weighted by molar-refractivity contribution is -0.0619. The van der Waals surface area contributed by atoms with Crippen molar-refractivity contribution in [3.63, 3.8) is 0 Å². The molecular formula is C10H19F2NO3. The SMILES string of the molecule is C[C@@H](CC(F)(F)CO)NC(=O)OC(C)(C)C. The lowest BCUT2D eigenvalue weighted by Gasteiger charge is -2.23. The summed E-state index contributed by atoms with van der Waals surface area (Å²) in [4.78, 5) is 11.2. The number of nitrogens with one attached hydrogen (secondary N) is 1. The first-order valence-corrected chi connectivity index (χ1v) is 5.04. The minimum atomic E-state index is -3.19. The van der Waals surface area contributed by atoms with Gasteiger partial charge in [-0.2, -0.15) is 0 Å². The molecule has 0 aliphatic rings. The summed E-state index contributed by atoms with van der Waals surface area (Å²) in [6.45, 7) is 5.24. The Morgan fingerprint density at radius 1 is 1.44 bits per heavy atom. The molecule has 0 aromatic heterocycles. The molecule has 0 aliphatic heterocycles. The number of amides is 1. The van der Waals surface area contributed by atoms with E-state index in [1.807, 2.05) is 0 Å². The van der Waals surface area contributed by atoms with Gasteiger partial charge in [0.25, 0.3) is 5.92 Å². The molecule has 0 rings (SSSR count). The summed E-state index contributed by atoms with van der Waals surface area (Å²) in [5.74, 6) is -3.19. The maximum atomic E-state index is 12.7. The zero-order valence-corrected chi connectivity index (χ0v) is 10.0. The fourth-order valence-electron chi connectivity index (χ4n) is 1.07. The van der Waals surface area contributed by atoms with E-state index < -0.39 is 36.7 Å². The smallest absolute Gasteiger partial charge is 0.407 e. The van der Waals surface area contributed by atoms with Gasteiger partial charge in [0.05, 0.1) is 0 Å². The number of alkyl halides is 2. The summed E-state index contributed by atoms with van der Waals surface area (Å²) in [7, 11) is 0. The summed E-state index contributed by atoms with van der Waals surface area (Å²) in [6.07, 6.45) is -1.36. The number of carbonyl (C=O) groups is 1. The average Bonchev–Trinajstić information content (AvgIpc) is 1.98. The van der Waals surface area contributed by atoms with Crippen LogP contribution in [0.5, 0.6) is 0 Å². The number of halogens is 2. The van der Waals surface area contributed by atoms with Gasteiger partial charge >= 0.3 is 6.09 Å². The molecular weight excluding hydrogens is 220 g/mol. The molecule has 1 amide bonds. The maximum absolute atomic E-state index is 12.7. The Morgan fingerprint density at radius 3 is 2.31 bits per heavy atom. The van der Waals surface area contributed by atoms with Gasteiger partial charge in [0.15, 0.2) is 0 Å². The van der Waals surface area contributed by atoms with Crippen molar-refractivity contribution in [3.8, 4) is 0 Å². The number of carbonyl (C=O) groups excluding carboxylic acids is 1. The van der Waals surface area contributed by atoms with E-state index in [2.05, 4.69) is 5.32 Å². The maximum Gasteiger partial charge on any atom is 0.407 e. The third-order valence-electron chi connectivity index (χ3n) is 1.60. The zero-order chi connectivity index (χ0) is 13.0. The van der Waals surface area contributed by atoms with Crippen LogP contribution in [0.25, 0.3) is 0 Å². The van der Waals surface area contributed by atoms with Gasteiger partial charge in [-0.25, -0.2) is 13.6 Å². The Hall–Kier alpha value is -0.910. The summed E-state index contributed by atoms with van der Waals surface area (Å²) in [5, 5.41) is 10.6. The first-order chi connectivity index (χ1) is 7.06. The van der Waals surface area contributed by atoms with Crippen LogP contribution < -0.4 is 5.32 Å². The molecule has 0 bridgehead atoms. The third kappa shape index (κ3) is 7.39.